The molecular weight excluding hydrogens is 266 g/mol. The first-order valence-electron chi connectivity index (χ1n) is 8.52. The van der Waals surface area contributed by atoms with Gasteiger partial charge in [0.05, 0.1) is 18.8 Å². The van der Waals surface area contributed by atoms with Crippen molar-refractivity contribution in [3.05, 3.63) is 0 Å². The Morgan fingerprint density at radius 3 is 2.57 bits per heavy atom. The molecule has 21 heavy (non-hydrogen) atoms. The van der Waals surface area contributed by atoms with Gasteiger partial charge < -0.3 is 19.9 Å². The van der Waals surface area contributed by atoms with Gasteiger partial charge in [0.1, 0.15) is 0 Å². The molecule has 0 aromatic heterocycles. The van der Waals surface area contributed by atoms with Crippen LogP contribution < -0.4 is 5.32 Å². The predicted molar refractivity (Wildman–Crippen MR) is 86.6 cm³/mol. The van der Waals surface area contributed by atoms with E-state index in [1.165, 1.54) is 19.3 Å². The Kier molecular flexibility index (Phi) is 8.79. The normalized spacial score (nSPS) is 26.0. The molecule has 0 amide bonds. The van der Waals surface area contributed by atoms with E-state index in [-0.39, 0.29) is 12.1 Å². The molecule has 1 aliphatic carbocycles. The number of nitrogens with one attached hydrogen (secondary N) is 1. The van der Waals surface area contributed by atoms with Gasteiger partial charge in [0, 0.05) is 25.3 Å². The Labute approximate surface area is 130 Å². The summed E-state index contributed by atoms with van der Waals surface area (Å²) in [4.78, 5) is 0. The fourth-order valence-electron chi connectivity index (χ4n) is 3.23. The number of hydrogen-bond acceptors (Lipinski definition) is 4. The minimum Gasteiger partial charge on any atom is -0.394 e. The van der Waals surface area contributed by atoms with Gasteiger partial charge in [-0.1, -0.05) is 13.8 Å². The van der Waals surface area contributed by atoms with Crippen LogP contribution in [0.4, 0.5) is 0 Å². The number of aliphatic hydroxyl groups excluding tert-OH is 1. The lowest BCUT2D eigenvalue weighted by Gasteiger charge is -2.31. The standard InChI is InChI=1S/C17H35NO3/c1-14(2)18-17(3,13-19)10-5-6-11-21-16-9-7-8-15(12-16)20-4/h14-16,18-19H,5-13H2,1-4H3. The summed E-state index contributed by atoms with van der Waals surface area (Å²) >= 11 is 0. The molecule has 0 aromatic carbocycles. The van der Waals surface area contributed by atoms with Crippen LogP contribution in [0.2, 0.25) is 0 Å². The summed E-state index contributed by atoms with van der Waals surface area (Å²) in [5.74, 6) is 0. The topological polar surface area (TPSA) is 50.7 Å². The Morgan fingerprint density at radius 2 is 1.95 bits per heavy atom. The maximum Gasteiger partial charge on any atom is 0.0610 e. The predicted octanol–water partition coefficient (Wildman–Crippen LogP) is 2.88. The third-order valence-electron chi connectivity index (χ3n) is 4.37. The van der Waals surface area contributed by atoms with E-state index >= 15 is 0 Å². The summed E-state index contributed by atoms with van der Waals surface area (Å²) in [5.41, 5.74) is -0.167. The summed E-state index contributed by atoms with van der Waals surface area (Å²) in [7, 11) is 1.80. The Morgan fingerprint density at radius 1 is 1.24 bits per heavy atom. The molecule has 0 bridgehead atoms. The molecule has 3 unspecified atom stereocenters. The van der Waals surface area contributed by atoms with Crippen LogP contribution >= 0.6 is 0 Å². The molecule has 0 aromatic rings. The van der Waals surface area contributed by atoms with Crippen molar-refractivity contribution in [3.8, 4) is 0 Å². The van der Waals surface area contributed by atoms with E-state index in [0.29, 0.717) is 18.2 Å². The molecule has 1 saturated carbocycles. The molecule has 126 valence electrons. The first-order chi connectivity index (χ1) is 9.99. The van der Waals surface area contributed by atoms with Crippen molar-refractivity contribution in [2.45, 2.75) is 89.5 Å². The van der Waals surface area contributed by atoms with Gasteiger partial charge in [-0.2, -0.15) is 0 Å². The molecule has 1 aliphatic rings. The van der Waals surface area contributed by atoms with Crippen molar-refractivity contribution in [1.82, 2.24) is 5.32 Å². The maximum atomic E-state index is 9.54. The van der Waals surface area contributed by atoms with Crippen LogP contribution in [0.25, 0.3) is 0 Å². The molecule has 0 radical (unpaired) electrons. The van der Waals surface area contributed by atoms with E-state index in [1.807, 2.05) is 0 Å². The van der Waals surface area contributed by atoms with Gasteiger partial charge >= 0.3 is 0 Å². The number of hydrogen-bond donors (Lipinski definition) is 2. The van der Waals surface area contributed by atoms with E-state index in [1.54, 1.807) is 7.11 Å². The highest BCUT2D eigenvalue weighted by Crippen LogP contribution is 2.23. The third kappa shape index (κ3) is 7.59. The summed E-state index contributed by atoms with van der Waals surface area (Å²) in [6.45, 7) is 7.34. The second kappa shape index (κ2) is 9.78. The van der Waals surface area contributed by atoms with Gasteiger partial charge in [0.25, 0.3) is 0 Å². The van der Waals surface area contributed by atoms with Crippen molar-refractivity contribution in [2.75, 3.05) is 20.3 Å². The minimum atomic E-state index is -0.167. The van der Waals surface area contributed by atoms with Crippen molar-refractivity contribution in [1.29, 1.82) is 0 Å². The van der Waals surface area contributed by atoms with Crippen LogP contribution in [0.5, 0.6) is 0 Å². The van der Waals surface area contributed by atoms with Gasteiger partial charge in [-0.15, -0.1) is 0 Å². The molecule has 4 heteroatoms. The van der Waals surface area contributed by atoms with Gasteiger partial charge in [0.2, 0.25) is 0 Å². The van der Waals surface area contributed by atoms with Gasteiger partial charge in [-0.25, -0.2) is 0 Å². The average molecular weight is 301 g/mol. The van der Waals surface area contributed by atoms with Crippen LogP contribution in [-0.4, -0.2) is 49.2 Å². The van der Waals surface area contributed by atoms with Gasteiger partial charge in [0.15, 0.2) is 0 Å². The molecule has 1 rings (SSSR count). The molecule has 1 fully saturated rings. The van der Waals surface area contributed by atoms with Crippen LogP contribution in [0.3, 0.4) is 0 Å². The largest absolute Gasteiger partial charge is 0.394 e. The van der Waals surface area contributed by atoms with Gasteiger partial charge in [-0.05, 0) is 51.9 Å². The van der Waals surface area contributed by atoms with E-state index in [2.05, 4.69) is 26.1 Å². The van der Waals surface area contributed by atoms with Crippen LogP contribution in [0, 0.1) is 0 Å². The Bertz CT molecular complexity index is 273. The first-order valence-corrected chi connectivity index (χ1v) is 8.52. The second-order valence-corrected chi connectivity index (χ2v) is 6.99. The number of unbranched alkanes of at least 4 members (excludes halogenated alkanes) is 1. The minimum absolute atomic E-state index is 0.167. The average Bonchev–Trinajstić information content (AvgIpc) is 2.46. The maximum absolute atomic E-state index is 9.54. The molecule has 0 saturated heterocycles. The Hall–Kier alpha value is -0.160. The fourth-order valence-corrected chi connectivity index (χ4v) is 3.23. The number of ether oxygens (including phenoxy) is 2. The Balaban J connectivity index is 2.13. The van der Waals surface area contributed by atoms with Crippen molar-refractivity contribution >= 4 is 0 Å². The van der Waals surface area contributed by atoms with Crippen molar-refractivity contribution in [2.24, 2.45) is 0 Å². The van der Waals surface area contributed by atoms with Crippen molar-refractivity contribution in [3.63, 3.8) is 0 Å². The molecule has 2 N–H and O–H groups in total. The zero-order valence-corrected chi connectivity index (χ0v) is 14.4. The second-order valence-electron chi connectivity index (χ2n) is 6.99. The molecule has 0 spiro atoms. The van der Waals surface area contributed by atoms with E-state index in [9.17, 15) is 5.11 Å². The zero-order valence-electron chi connectivity index (χ0n) is 14.4. The van der Waals surface area contributed by atoms with E-state index < -0.39 is 0 Å². The lowest BCUT2D eigenvalue weighted by atomic mass is 9.94. The molecular formula is C17H35NO3. The summed E-state index contributed by atoms with van der Waals surface area (Å²) in [6.07, 6.45) is 8.48. The highest BCUT2D eigenvalue weighted by molar-refractivity contribution is 4.83. The number of methoxy groups -OCH3 is 1. The molecule has 0 heterocycles. The molecule has 0 aliphatic heterocycles. The summed E-state index contributed by atoms with van der Waals surface area (Å²) in [6, 6.07) is 0.395. The highest BCUT2D eigenvalue weighted by Gasteiger charge is 2.24. The lowest BCUT2D eigenvalue weighted by molar-refractivity contribution is -0.0306. The van der Waals surface area contributed by atoms with Crippen LogP contribution in [0.15, 0.2) is 0 Å². The summed E-state index contributed by atoms with van der Waals surface area (Å²) in [5, 5.41) is 13.0. The third-order valence-corrected chi connectivity index (χ3v) is 4.37. The quantitative estimate of drug-likeness (QED) is 0.609. The monoisotopic (exact) mass is 301 g/mol. The van der Waals surface area contributed by atoms with Gasteiger partial charge in [-0.3, -0.25) is 0 Å². The number of rotatable bonds is 10. The van der Waals surface area contributed by atoms with Crippen molar-refractivity contribution < 1.29 is 14.6 Å². The fraction of sp³-hybridized carbons (Fsp3) is 1.00. The lowest BCUT2D eigenvalue weighted by Crippen LogP contribution is -2.49. The van der Waals surface area contributed by atoms with E-state index in [4.69, 9.17) is 9.47 Å². The van der Waals surface area contributed by atoms with Crippen LogP contribution in [0.1, 0.15) is 65.7 Å². The zero-order chi connectivity index (χ0) is 15.7. The summed E-state index contributed by atoms with van der Waals surface area (Å²) < 4.78 is 11.4. The number of aliphatic hydroxyl groups is 1. The molecule has 3 atom stereocenters. The van der Waals surface area contributed by atoms with E-state index in [0.717, 1.165) is 32.3 Å². The van der Waals surface area contributed by atoms with Crippen LogP contribution in [-0.2, 0) is 9.47 Å². The first kappa shape index (κ1) is 18.9. The highest BCUT2D eigenvalue weighted by atomic mass is 16.5. The molecule has 4 nitrogen and oxygen atoms in total. The SMILES string of the molecule is COC1CCCC(OCCCCC(C)(CO)NC(C)C)C1. The smallest absolute Gasteiger partial charge is 0.0610 e.